The van der Waals surface area contributed by atoms with Gasteiger partial charge in [0.15, 0.2) is 0 Å². The first-order valence-corrected chi connectivity index (χ1v) is 10.0. The topological polar surface area (TPSA) is 101 Å². The summed E-state index contributed by atoms with van der Waals surface area (Å²) in [5.41, 5.74) is -0.407. The number of halogens is 1. The van der Waals surface area contributed by atoms with Gasteiger partial charge in [0, 0.05) is 37.9 Å². The Balaban J connectivity index is 0.00000338. The van der Waals surface area contributed by atoms with Crippen molar-refractivity contribution in [3.8, 4) is 0 Å². The van der Waals surface area contributed by atoms with Crippen molar-refractivity contribution in [2.24, 2.45) is 0 Å². The van der Waals surface area contributed by atoms with E-state index in [2.05, 4.69) is 10.6 Å². The van der Waals surface area contributed by atoms with E-state index in [1.54, 1.807) is 13.8 Å². The maximum atomic E-state index is 12.6. The summed E-state index contributed by atoms with van der Waals surface area (Å²) in [5, 5.41) is 6.08. The van der Waals surface area contributed by atoms with Gasteiger partial charge >= 0.3 is 0 Å². The van der Waals surface area contributed by atoms with Crippen molar-refractivity contribution in [1.82, 2.24) is 19.5 Å². The van der Waals surface area contributed by atoms with Crippen molar-refractivity contribution in [1.29, 1.82) is 0 Å². The first-order valence-electron chi connectivity index (χ1n) is 8.59. The monoisotopic (exact) mass is 406 g/mol. The molecule has 2 heterocycles. The van der Waals surface area contributed by atoms with Crippen LogP contribution >= 0.6 is 12.4 Å². The second-order valence-corrected chi connectivity index (χ2v) is 7.97. The molecular formula is C16H27ClN4O4S. The number of rotatable bonds is 7. The Bertz CT molecular complexity index is 756. The molecule has 0 aliphatic carbocycles. The van der Waals surface area contributed by atoms with Gasteiger partial charge in [-0.05, 0) is 25.5 Å². The normalized spacial score (nSPS) is 17.6. The molecule has 10 heteroatoms. The Morgan fingerprint density at radius 2 is 2.04 bits per heavy atom. The average Bonchev–Trinajstić information content (AvgIpc) is 2.58. The zero-order valence-corrected chi connectivity index (χ0v) is 16.7. The van der Waals surface area contributed by atoms with Crippen LogP contribution in [0.3, 0.4) is 0 Å². The van der Waals surface area contributed by atoms with Gasteiger partial charge in [-0.2, -0.15) is 4.31 Å². The van der Waals surface area contributed by atoms with Gasteiger partial charge in [0.2, 0.25) is 15.9 Å². The van der Waals surface area contributed by atoms with Crippen molar-refractivity contribution < 1.29 is 13.2 Å². The highest BCUT2D eigenvalue weighted by Crippen LogP contribution is 2.13. The van der Waals surface area contributed by atoms with Crippen LogP contribution in [0, 0.1) is 0 Å². The molecule has 2 rings (SSSR count). The minimum absolute atomic E-state index is 0. The van der Waals surface area contributed by atoms with Crippen LogP contribution in [0.2, 0.25) is 0 Å². The van der Waals surface area contributed by atoms with Crippen molar-refractivity contribution in [3.63, 3.8) is 0 Å². The number of carbonyl (C=O) groups is 1. The third-order valence-electron chi connectivity index (χ3n) is 4.28. The number of carbonyl (C=O) groups excluding carboxylic acids is 1. The summed E-state index contributed by atoms with van der Waals surface area (Å²) in [4.78, 5) is 24.2. The SMILES string of the molecule is CCN(CC)S(=O)(=O)c1ccc(=O)n(CC(=O)N[C@H]2CCCNC2)c1.Cl. The van der Waals surface area contributed by atoms with Gasteiger partial charge < -0.3 is 15.2 Å². The molecule has 1 aliphatic heterocycles. The fourth-order valence-corrected chi connectivity index (χ4v) is 4.38. The van der Waals surface area contributed by atoms with E-state index in [9.17, 15) is 18.0 Å². The first-order chi connectivity index (χ1) is 11.9. The van der Waals surface area contributed by atoms with E-state index in [-0.39, 0.29) is 35.8 Å². The summed E-state index contributed by atoms with van der Waals surface area (Å²) in [6, 6.07) is 2.51. The van der Waals surface area contributed by atoms with E-state index in [1.165, 1.54) is 22.6 Å². The highest BCUT2D eigenvalue weighted by Gasteiger charge is 2.23. The molecule has 1 atom stereocenters. The molecule has 0 aromatic carbocycles. The van der Waals surface area contributed by atoms with Gasteiger partial charge in [-0.1, -0.05) is 13.8 Å². The number of nitrogens with zero attached hydrogens (tertiary/aromatic N) is 2. The van der Waals surface area contributed by atoms with Crippen molar-refractivity contribution in [3.05, 3.63) is 28.7 Å². The zero-order chi connectivity index (χ0) is 18.4. The van der Waals surface area contributed by atoms with Gasteiger partial charge in [0.05, 0.1) is 4.90 Å². The van der Waals surface area contributed by atoms with Crippen LogP contribution < -0.4 is 16.2 Å². The van der Waals surface area contributed by atoms with E-state index >= 15 is 0 Å². The average molecular weight is 407 g/mol. The maximum Gasteiger partial charge on any atom is 0.251 e. The van der Waals surface area contributed by atoms with E-state index < -0.39 is 15.6 Å². The van der Waals surface area contributed by atoms with E-state index in [1.807, 2.05) is 0 Å². The molecule has 1 amide bonds. The molecular weight excluding hydrogens is 380 g/mol. The van der Waals surface area contributed by atoms with Crippen molar-refractivity contribution in [2.75, 3.05) is 26.2 Å². The molecule has 1 fully saturated rings. The molecule has 8 nitrogen and oxygen atoms in total. The Kier molecular flexibility index (Phi) is 8.75. The number of sulfonamides is 1. The largest absolute Gasteiger partial charge is 0.351 e. The lowest BCUT2D eigenvalue weighted by molar-refractivity contribution is -0.122. The second kappa shape index (κ2) is 10.1. The summed E-state index contributed by atoms with van der Waals surface area (Å²) in [6.07, 6.45) is 3.13. The minimum Gasteiger partial charge on any atom is -0.351 e. The molecule has 1 aromatic heterocycles. The van der Waals surface area contributed by atoms with Gasteiger partial charge in [-0.15, -0.1) is 12.4 Å². The predicted octanol–water partition coefficient (Wildman–Crippen LogP) is 0.169. The van der Waals surface area contributed by atoms with Crippen molar-refractivity contribution >= 4 is 28.3 Å². The number of pyridine rings is 1. The number of hydrogen-bond donors (Lipinski definition) is 2. The first kappa shape index (κ1) is 22.6. The summed E-state index contributed by atoms with van der Waals surface area (Å²) < 4.78 is 27.6. The Hall–Kier alpha value is -1.42. The van der Waals surface area contributed by atoms with Gasteiger partial charge in [0.25, 0.3) is 5.56 Å². The summed E-state index contributed by atoms with van der Waals surface area (Å²) >= 11 is 0. The highest BCUT2D eigenvalue weighted by atomic mass is 35.5. The molecule has 2 N–H and O–H groups in total. The third kappa shape index (κ3) is 5.54. The van der Waals surface area contributed by atoms with Crippen LogP contribution in [-0.2, 0) is 21.4 Å². The van der Waals surface area contributed by atoms with Gasteiger partial charge in [-0.3, -0.25) is 9.59 Å². The number of hydrogen-bond acceptors (Lipinski definition) is 5. The van der Waals surface area contributed by atoms with Crippen LogP contribution in [0.4, 0.5) is 0 Å². The fraction of sp³-hybridized carbons (Fsp3) is 0.625. The Morgan fingerprint density at radius 1 is 1.35 bits per heavy atom. The molecule has 0 radical (unpaired) electrons. The molecule has 1 saturated heterocycles. The molecule has 26 heavy (non-hydrogen) atoms. The number of piperidine rings is 1. The molecule has 0 bridgehead atoms. The summed E-state index contributed by atoms with van der Waals surface area (Å²) in [6.45, 7) is 5.64. The van der Waals surface area contributed by atoms with Crippen LogP contribution in [0.5, 0.6) is 0 Å². The zero-order valence-electron chi connectivity index (χ0n) is 15.1. The molecule has 148 valence electrons. The Morgan fingerprint density at radius 3 is 2.62 bits per heavy atom. The van der Waals surface area contributed by atoms with Crippen LogP contribution in [0.1, 0.15) is 26.7 Å². The van der Waals surface area contributed by atoms with E-state index in [0.717, 1.165) is 24.0 Å². The quantitative estimate of drug-likeness (QED) is 0.672. The summed E-state index contributed by atoms with van der Waals surface area (Å²) in [7, 11) is -3.67. The molecule has 0 saturated carbocycles. The van der Waals surface area contributed by atoms with Crippen LogP contribution in [0.25, 0.3) is 0 Å². The number of amides is 1. The van der Waals surface area contributed by atoms with Gasteiger partial charge in [0.1, 0.15) is 6.54 Å². The molecule has 0 unspecified atom stereocenters. The van der Waals surface area contributed by atoms with E-state index in [4.69, 9.17) is 0 Å². The van der Waals surface area contributed by atoms with E-state index in [0.29, 0.717) is 19.6 Å². The fourth-order valence-electron chi connectivity index (χ4n) is 2.90. The molecule has 0 spiro atoms. The van der Waals surface area contributed by atoms with Crippen LogP contribution in [0.15, 0.2) is 28.0 Å². The standard InChI is InChI=1S/C16H26N4O4S.ClH/c1-3-20(4-2)25(23,24)14-7-8-16(22)19(11-14)12-15(21)18-13-6-5-9-17-10-13;/h7-8,11,13,17H,3-6,9-10,12H2,1-2H3,(H,18,21);1H/t13-;/m0./s1. The highest BCUT2D eigenvalue weighted by molar-refractivity contribution is 7.89. The summed E-state index contributed by atoms with van der Waals surface area (Å²) in [5.74, 6) is -0.298. The van der Waals surface area contributed by atoms with Crippen LogP contribution in [-0.4, -0.2) is 55.4 Å². The Labute approximate surface area is 160 Å². The molecule has 1 aromatic rings. The minimum atomic E-state index is -3.67. The second-order valence-electron chi connectivity index (χ2n) is 6.03. The van der Waals surface area contributed by atoms with Gasteiger partial charge in [-0.25, -0.2) is 8.42 Å². The lowest BCUT2D eigenvalue weighted by Crippen LogP contribution is -2.47. The predicted molar refractivity (Wildman–Crippen MR) is 102 cm³/mol. The number of aromatic nitrogens is 1. The molecule has 1 aliphatic rings. The smallest absolute Gasteiger partial charge is 0.251 e. The van der Waals surface area contributed by atoms with Crippen molar-refractivity contribution in [2.45, 2.75) is 44.2 Å². The lowest BCUT2D eigenvalue weighted by Gasteiger charge is -2.24. The third-order valence-corrected chi connectivity index (χ3v) is 6.31. The lowest BCUT2D eigenvalue weighted by atomic mass is 10.1. The maximum absolute atomic E-state index is 12.6. The number of nitrogens with one attached hydrogen (secondary N) is 2.